The zero-order valence-corrected chi connectivity index (χ0v) is 18.0. The van der Waals surface area contributed by atoms with Crippen LogP contribution in [0.15, 0.2) is 53.5 Å². The molecule has 2 aliphatic heterocycles. The lowest BCUT2D eigenvalue weighted by Gasteiger charge is -2.25. The van der Waals surface area contributed by atoms with E-state index < -0.39 is 9.84 Å². The number of carbonyl (C=O) groups is 1. The Morgan fingerprint density at radius 2 is 1.93 bits per heavy atom. The molecule has 1 amide bonds. The van der Waals surface area contributed by atoms with Crippen LogP contribution in [0.3, 0.4) is 0 Å². The number of halogens is 1. The van der Waals surface area contributed by atoms with Gasteiger partial charge in [0.2, 0.25) is 0 Å². The van der Waals surface area contributed by atoms with E-state index >= 15 is 0 Å². The highest BCUT2D eigenvalue weighted by Crippen LogP contribution is 2.43. The van der Waals surface area contributed by atoms with Crippen molar-refractivity contribution in [1.29, 1.82) is 0 Å². The molecule has 2 aliphatic rings. The maximum absolute atomic E-state index is 12.7. The van der Waals surface area contributed by atoms with Crippen LogP contribution in [-0.2, 0) is 21.1 Å². The predicted octanol–water partition coefficient (Wildman–Crippen LogP) is 3.19. The first-order chi connectivity index (χ1) is 13.9. The average Bonchev–Trinajstić information content (AvgIpc) is 3.13. The Morgan fingerprint density at radius 3 is 2.69 bits per heavy atom. The van der Waals surface area contributed by atoms with Crippen LogP contribution in [0.2, 0.25) is 5.02 Å². The van der Waals surface area contributed by atoms with Gasteiger partial charge in [0, 0.05) is 10.8 Å². The molecule has 29 heavy (non-hydrogen) atoms. The van der Waals surface area contributed by atoms with E-state index in [1.807, 2.05) is 41.3 Å². The van der Waals surface area contributed by atoms with Crippen molar-refractivity contribution in [2.75, 3.05) is 23.5 Å². The summed E-state index contributed by atoms with van der Waals surface area (Å²) < 4.78 is 29.6. The summed E-state index contributed by atoms with van der Waals surface area (Å²) in [5.74, 6) is 0.404. The number of anilines is 1. The number of methoxy groups -OCH3 is 1. The molecule has 0 spiro atoms. The van der Waals surface area contributed by atoms with E-state index in [1.54, 1.807) is 19.2 Å². The van der Waals surface area contributed by atoms with E-state index in [2.05, 4.69) is 4.99 Å². The second-order valence-corrected chi connectivity index (χ2v) is 10.7. The first-order valence-electron chi connectivity index (χ1n) is 9.02. The summed E-state index contributed by atoms with van der Waals surface area (Å²) >= 11 is 7.71. The normalized spacial score (nSPS) is 23.9. The smallest absolute Gasteiger partial charge is 0.252 e. The van der Waals surface area contributed by atoms with Crippen molar-refractivity contribution in [1.82, 2.24) is 0 Å². The molecule has 4 rings (SSSR count). The molecule has 0 bridgehead atoms. The molecule has 2 atom stereocenters. The number of benzene rings is 2. The van der Waals surface area contributed by atoms with Gasteiger partial charge in [0.05, 0.1) is 41.8 Å². The van der Waals surface area contributed by atoms with Gasteiger partial charge < -0.3 is 9.64 Å². The van der Waals surface area contributed by atoms with Crippen molar-refractivity contribution < 1.29 is 17.9 Å². The maximum Gasteiger partial charge on any atom is 0.252 e. The van der Waals surface area contributed by atoms with E-state index in [9.17, 15) is 13.2 Å². The highest BCUT2D eigenvalue weighted by molar-refractivity contribution is 8.16. The predicted molar refractivity (Wildman–Crippen MR) is 117 cm³/mol. The fourth-order valence-electron chi connectivity index (χ4n) is 3.65. The van der Waals surface area contributed by atoms with Gasteiger partial charge in [0.1, 0.15) is 5.75 Å². The third-order valence-corrected chi connectivity index (χ3v) is 8.46. The molecule has 2 heterocycles. The van der Waals surface area contributed by atoms with Crippen LogP contribution < -0.4 is 9.64 Å². The largest absolute Gasteiger partial charge is 0.496 e. The molecule has 0 unspecified atom stereocenters. The Labute approximate surface area is 178 Å². The van der Waals surface area contributed by atoms with Gasteiger partial charge in [0.15, 0.2) is 15.0 Å². The molecule has 0 N–H and O–H groups in total. The highest BCUT2D eigenvalue weighted by atomic mass is 35.5. The van der Waals surface area contributed by atoms with E-state index in [1.165, 1.54) is 11.8 Å². The summed E-state index contributed by atoms with van der Waals surface area (Å²) in [5, 5.41) is 0.805. The van der Waals surface area contributed by atoms with Gasteiger partial charge in [-0.25, -0.2) is 8.42 Å². The summed E-state index contributed by atoms with van der Waals surface area (Å²) in [6.45, 7) is 0. The van der Waals surface area contributed by atoms with Crippen molar-refractivity contribution in [3.8, 4) is 5.75 Å². The zero-order chi connectivity index (χ0) is 20.6. The van der Waals surface area contributed by atoms with Crippen molar-refractivity contribution in [2.45, 2.75) is 17.7 Å². The number of thioether (sulfide) groups is 1. The van der Waals surface area contributed by atoms with Crippen LogP contribution in [0.5, 0.6) is 5.75 Å². The molecular formula is C20H19ClN2O4S2. The average molecular weight is 451 g/mol. The van der Waals surface area contributed by atoms with Gasteiger partial charge in [-0.05, 0) is 18.2 Å². The highest BCUT2D eigenvalue weighted by Gasteiger charge is 2.49. The van der Waals surface area contributed by atoms with Crippen LogP contribution in [0.1, 0.15) is 5.56 Å². The molecule has 0 radical (unpaired) electrons. The van der Waals surface area contributed by atoms with Gasteiger partial charge in [-0.3, -0.25) is 4.79 Å². The standard InChI is InChI=1S/C20H19ClN2O4S2/c1-27-17-9-5-2-6-13(17)10-19(24)22-20-23(15-8-4-3-7-14(15)21)16-11-29(25,26)12-18(16)28-20/h2-9,16,18H,10-12H2,1H3/t16-,18-/m1/s1. The zero-order valence-electron chi connectivity index (χ0n) is 15.6. The molecule has 2 fully saturated rings. The monoisotopic (exact) mass is 450 g/mol. The number of carbonyl (C=O) groups excluding carboxylic acids is 1. The Morgan fingerprint density at radius 1 is 1.21 bits per heavy atom. The lowest BCUT2D eigenvalue weighted by molar-refractivity contribution is -0.117. The Bertz CT molecular complexity index is 1090. The number of para-hydroxylation sites is 2. The Balaban J connectivity index is 1.66. The minimum Gasteiger partial charge on any atom is -0.496 e. The van der Waals surface area contributed by atoms with Gasteiger partial charge in [-0.15, -0.1) is 0 Å². The third kappa shape index (κ3) is 4.15. The van der Waals surface area contributed by atoms with Gasteiger partial charge >= 0.3 is 0 Å². The van der Waals surface area contributed by atoms with E-state index in [0.29, 0.717) is 21.6 Å². The molecule has 0 aliphatic carbocycles. The molecular weight excluding hydrogens is 432 g/mol. The number of aliphatic imine (C=N–C) groups is 1. The molecule has 0 saturated carbocycles. The fraction of sp³-hybridized carbons (Fsp3) is 0.300. The summed E-state index contributed by atoms with van der Waals surface area (Å²) in [5.41, 5.74) is 1.41. The van der Waals surface area contributed by atoms with Crippen molar-refractivity contribution in [3.05, 3.63) is 59.1 Å². The van der Waals surface area contributed by atoms with Crippen LogP contribution in [-0.4, -0.2) is 49.4 Å². The van der Waals surface area contributed by atoms with Crippen LogP contribution >= 0.6 is 23.4 Å². The van der Waals surface area contributed by atoms with E-state index in [4.69, 9.17) is 16.3 Å². The molecule has 152 valence electrons. The van der Waals surface area contributed by atoms with E-state index in [-0.39, 0.29) is 35.1 Å². The number of ether oxygens (including phenoxy) is 1. The first kappa shape index (κ1) is 20.3. The SMILES string of the molecule is COc1ccccc1CC(=O)N=C1S[C@@H]2CS(=O)(=O)C[C@H]2N1c1ccccc1Cl. The molecule has 2 aromatic carbocycles. The van der Waals surface area contributed by atoms with Gasteiger partial charge in [-0.2, -0.15) is 4.99 Å². The summed E-state index contributed by atoms with van der Waals surface area (Å²) in [6, 6.07) is 14.2. The van der Waals surface area contributed by atoms with Crippen molar-refractivity contribution >= 4 is 50.0 Å². The second-order valence-electron chi connectivity index (χ2n) is 6.90. The molecule has 0 aromatic heterocycles. The van der Waals surface area contributed by atoms with Crippen LogP contribution in [0.4, 0.5) is 5.69 Å². The topological polar surface area (TPSA) is 76.0 Å². The summed E-state index contributed by atoms with van der Waals surface area (Å²) in [6.07, 6.45) is 0.0953. The number of fused-ring (bicyclic) bond motifs is 1. The van der Waals surface area contributed by atoms with Crippen LogP contribution in [0.25, 0.3) is 0 Å². The summed E-state index contributed by atoms with van der Waals surface area (Å²) in [4.78, 5) is 18.9. The first-order valence-corrected chi connectivity index (χ1v) is 12.1. The summed E-state index contributed by atoms with van der Waals surface area (Å²) in [7, 11) is -1.57. The number of hydrogen-bond donors (Lipinski definition) is 0. The molecule has 9 heteroatoms. The van der Waals surface area contributed by atoms with Gasteiger partial charge in [0.25, 0.3) is 5.91 Å². The number of nitrogens with zero attached hydrogens (tertiary/aromatic N) is 2. The maximum atomic E-state index is 12.7. The number of rotatable bonds is 4. The molecule has 2 saturated heterocycles. The molecule has 2 aromatic rings. The van der Waals surface area contributed by atoms with Crippen molar-refractivity contribution in [3.63, 3.8) is 0 Å². The Hall–Kier alpha value is -2.03. The number of sulfone groups is 1. The Kier molecular flexibility index (Phi) is 5.59. The lowest BCUT2D eigenvalue weighted by Crippen LogP contribution is -2.38. The third-order valence-electron chi connectivity index (χ3n) is 4.93. The van der Waals surface area contributed by atoms with Crippen molar-refractivity contribution in [2.24, 2.45) is 4.99 Å². The number of hydrogen-bond acceptors (Lipinski definition) is 5. The minimum atomic E-state index is -3.13. The number of amidine groups is 1. The lowest BCUT2D eigenvalue weighted by atomic mass is 10.1. The molecule has 6 nitrogen and oxygen atoms in total. The second kappa shape index (κ2) is 8.01. The minimum absolute atomic E-state index is 0.0234. The quantitative estimate of drug-likeness (QED) is 0.712. The van der Waals surface area contributed by atoms with E-state index in [0.717, 1.165) is 5.56 Å². The fourth-order valence-corrected chi connectivity index (χ4v) is 7.80. The van der Waals surface area contributed by atoms with Gasteiger partial charge in [-0.1, -0.05) is 53.7 Å². The number of amides is 1. The van der Waals surface area contributed by atoms with Crippen LogP contribution in [0, 0.1) is 0 Å².